The topological polar surface area (TPSA) is 62.3 Å². The molecule has 1 heterocycles. The first-order valence-electron chi connectivity index (χ1n) is 8.99. The number of aryl methyl sites for hydroxylation is 1. The number of benzene rings is 1. The first-order valence-corrected chi connectivity index (χ1v) is 9.80. The molecule has 0 aliphatic rings. The van der Waals surface area contributed by atoms with Crippen LogP contribution in [0, 0.1) is 6.92 Å². The lowest BCUT2D eigenvalue weighted by Gasteiger charge is -2.21. The lowest BCUT2D eigenvalue weighted by Crippen LogP contribution is -2.32. The molecular formula is C19H27N3O2S. The second-order valence-electron chi connectivity index (χ2n) is 6.22. The van der Waals surface area contributed by atoms with Gasteiger partial charge in [-0.1, -0.05) is 37.3 Å². The van der Waals surface area contributed by atoms with E-state index in [0.29, 0.717) is 24.4 Å². The molecule has 1 N–H and O–H groups in total. The van der Waals surface area contributed by atoms with Crippen molar-refractivity contribution in [2.75, 3.05) is 18.4 Å². The molecular weight excluding hydrogens is 334 g/mol. The van der Waals surface area contributed by atoms with Crippen molar-refractivity contribution in [3.05, 3.63) is 23.8 Å². The van der Waals surface area contributed by atoms with Gasteiger partial charge in [-0.3, -0.25) is 9.59 Å². The minimum Gasteiger partial charge on any atom is -0.343 e. The first-order chi connectivity index (χ1) is 12.0. The summed E-state index contributed by atoms with van der Waals surface area (Å²) in [6, 6.07) is 6.01. The number of carbonyl (C=O) groups is 2. The Morgan fingerprint density at radius 1 is 1.16 bits per heavy atom. The monoisotopic (exact) mass is 361 g/mol. The fourth-order valence-corrected chi connectivity index (χ4v) is 3.74. The standard InChI is InChI=1S/C19H27N3O2S/c1-4-12-22(13-5-2)17(24)11-7-10-16(23)20-19-21-18-14(3)8-6-9-15(18)25-19/h6,8-9H,4-5,7,10-13H2,1-3H3,(H,20,21,23). The Labute approximate surface area is 153 Å². The van der Waals surface area contributed by atoms with E-state index in [1.165, 1.54) is 11.3 Å². The number of amides is 2. The van der Waals surface area contributed by atoms with Gasteiger partial charge in [0.05, 0.1) is 10.2 Å². The molecule has 0 fully saturated rings. The molecule has 0 saturated carbocycles. The maximum absolute atomic E-state index is 12.2. The molecule has 6 heteroatoms. The van der Waals surface area contributed by atoms with Gasteiger partial charge in [0, 0.05) is 25.9 Å². The van der Waals surface area contributed by atoms with Crippen LogP contribution in [-0.4, -0.2) is 34.8 Å². The second kappa shape index (κ2) is 9.51. The van der Waals surface area contributed by atoms with Crippen molar-refractivity contribution in [1.29, 1.82) is 0 Å². The van der Waals surface area contributed by atoms with Crippen molar-refractivity contribution >= 4 is 38.5 Å². The molecule has 0 spiro atoms. The van der Waals surface area contributed by atoms with E-state index in [0.717, 1.165) is 41.7 Å². The van der Waals surface area contributed by atoms with Gasteiger partial charge in [0.2, 0.25) is 11.8 Å². The smallest absolute Gasteiger partial charge is 0.226 e. The fraction of sp³-hybridized carbons (Fsp3) is 0.526. The van der Waals surface area contributed by atoms with E-state index in [4.69, 9.17) is 0 Å². The Bertz CT molecular complexity index is 721. The number of hydrogen-bond acceptors (Lipinski definition) is 4. The average Bonchev–Trinajstić information content (AvgIpc) is 2.98. The normalized spacial score (nSPS) is 10.8. The summed E-state index contributed by atoms with van der Waals surface area (Å²) in [6.07, 6.45) is 3.25. The number of nitrogens with one attached hydrogen (secondary N) is 1. The highest BCUT2D eigenvalue weighted by atomic mass is 32.1. The number of para-hydroxylation sites is 1. The van der Waals surface area contributed by atoms with Crippen molar-refractivity contribution < 1.29 is 9.59 Å². The summed E-state index contributed by atoms with van der Waals surface area (Å²) in [5.41, 5.74) is 2.04. The molecule has 0 aliphatic carbocycles. The summed E-state index contributed by atoms with van der Waals surface area (Å²) in [5.74, 6) is 0.0640. The van der Waals surface area contributed by atoms with Crippen LogP contribution in [0.4, 0.5) is 5.13 Å². The number of anilines is 1. The van der Waals surface area contributed by atoms with Gasteiger partial charge in [-0.05, 0) is 37.8 Å². The largest absolute Gasteiger partial charge is 0.343 e. The zero-order valence-corrected chi connectivity index (χ0v) is 16.1. The molecule has 2 amide bonds. The lowest BCUT2D eigenvalue weighted by molar-refractivity contribution is -0.131. The minimum atomic E-state index is -0.0814. The highest BCUT2D eigenvalue weighted by molar-refractivity contribution is 7.22. The Balaban J connectivity index is 1.81. The van der Waals surface area contributed by atoms with Crippen LogP contribution in [0.25, 0.3) is 10.2 Å². The molecule has 5 nitrogen and oxygen atoms in total. The molecule has 0 atom stereocenters. The van der Waals surface area contributed by atoms with Crippen LogP contribution >= 0.6 is 11.3 Å². The highest BCUT2D eigenvalue weighted by Gasteiger charge is 2.13. The number of hydrogen-bond donors (Lipinski definition) is 1. The van der Waals surface area contributed by atoms with E-state index in [-0.39, 0.29) is 11.8 Å². The maximum Gasteiger partial charge on any atom is 0.226 e. The van der Waals surface area contributed by atoms with Crippen molar-refractivity contribution in [2.24, 2.45) is 0 Å². The second-order valence-corrected chi connectivity index (χ2v) is 7.25. The molecule has 1 aromatic heterocycles. The van der Waals surface area contributed by atoms with E-state index in [2.05, 4.69) is 24.1 Å². The Hall–Kier alpha value is -1.95. The van der Waals surface area contributed by atoms with Gasteiger partial charge in [-0.2, -0.15) is 0 Å². The van der Waals surface area contributed by atoms with Gasteiger partial charge in [0.1, 0.15) is 0 Å². The average molecular weight is 362 g/mol. The van der Waals surface area contributed by atoms with E-state index in [9.17, 15) is 9.59 Å². The van der Waals surface area contributed by atoms with Crippen LogP contribution in [-0.2, 0) is 9.59 Å². The van der Waals surface area contributed by atoms with Gasteiger partial charge in [0.15, 0.2) is 5.13 Å². The minimum absolute atomic E-state index is 0.0814. The maximum atomic E-state index is 12.2. The quantitative estimate of drug-likeness (QED) is 0.722. The molecule has 0 aliphatic heterocycles. The van der Waals surface area contributed by atoms with Crippen molar-refractivity contribution in [2.45, 2.75) is 52.9 Å². The summed E-state index contributed by atoms with van der Waals surface area (Å²) in [6.45, 7) is 7.75. The third-order valence-electron chi connectivity index (χ3n) is 4.00. The third-order valence-corrected chi connectivity index (χ3v) is 4.94. The zero-order chi connectivity index (χ0) is 18.2. The fourth-order valence-electron chi connectivity index (χ4n) is 2.78. The summed E-state index contributed by atoms with van der Waals surface area (Å²) in [7, 11) is 0. The van der Waals surface area contributed by atoms with Crippen LogP contribution in [0.1, 0.15) is 51.5 Å². The molecule has 136 valence electrons. The summed E-state index contributed by atoms with van der Waals surface area (Å²) in [5, 5.41) is 3.48. The van der Waals surface area contributed by atoms with Crippen LogP contribution in [0.2, 0.25) is 0 Å². The van der Waals surface area contributed by atoms with Gasteiger partial charge >= 0.3 is 0 Å². The summed E-state index contributed by atoms with van der Waals surface area (Å²) < 4.78 is 1.07. The van der Waals surface area contributed by atoms with E-state index in [1.54, 1.807) is 0 Å². The van der Waals surface area contributed by atoms with Gasteiger partial charge in [0.25, 0.3) is 0 Å². The number of nitrogens with zero attached hydrogens (tertiary/aromatic N) is 2. The Morgan fingerprint density at radius 2 is 1.88 bits per heavy atom. The number of fused-ring (bicyclic) bond motifs is 1. The SMILES string of the molecule is CCCN(CCC)C(=O)CCCC(=O)Nc1nc2c(C)cccc2s1. The number of thiazole rings is 1. The molecule has 1 aromatic carbocycles. The van der Waals surface area contributed by atoms with Crippen molar-refractivity contribution in [1.82, 2.24) is 9.88 Å². The lowest BCUT2D eigenvalue weighted by atomic mass is 10.2. The molecule has 0 unspecified atom stereocenters. The molecule has 2 aromatic rings. The highest BCUT2D eigenvalue weighted by Crippen LogP contribution is 2.27. The van der Waals surface area contributed by atoms with Gasteiger partial charge < -0.3 is 10.2 Å². The first kappa shape index (κ1) is 19.4. The molecule has 25 heavy (non-hydrogen) atoms. The third kappa shape index (κ3) is 5.53. The zero-order valence-electron chi connectivity index (χ0n) is 15.3. The molecule has 2 rings (SSSR count). The number of carbonyl (C=O) groups excluding carboxylic acids is 2. The number of rotatable bonds is 9. The van der Waals surface area contributed by atoms with Gasteiger partial charge in [-0.15, -0.1) is 0 Å². The summed E-state index contributed by atoms with van der Waals surface area (Å²) in [4.78, 5) is 30.7. The van der Waals surface area contributed by atoms with Crippen molar-refractivity contribution in [3.63, 3.8) is 0 Å². The van der Waals surface area contributed by atoms with E-state index < -0.39 is 0 Å². The molecule has 0 bridgehead atoms. The number of aromatic nitrogens is 1. The Kier molecular flexibility index (Phi) is 7.37. The Morgan fingerprint density at radius 3 is 2.52 bits per heavy atom. The summed E-state index contributed by atoms with van der Waals surface area (Å²) >= 11 is 1.48. The van der Waals surface area contributed by atoms with Crippen LogP contribution in [0.5, 0.6) is 0 Å². The predicted molar refractivity (Wildman–Crippen MR) is 104 cm³/mol. The van der Waals surface area contributed by atoms with Crippen LogP contribution in [0.3, 0.4) is 0 Å². The van der Waals surface area contributed by atoms with Crippen LogP contribution in [0.15, 0.2) is 18.2 Å². The molecule has 0 saturated heterocycles. The van der Waals surface area contributed by atoms with Crippen molar-refractivity contribution in [3.8, 4) is 0 Å². The molecule has 0 radical (unpaired) electrons. The van der Waals surface area contributed by atoms with E-state index >= 15 is 0 Å². The van der Waals surface area contributed by atoms with Gasteiger partial charge in [-0.25, -0.2) is 4.98 Å². The van der Waals surface area contributed by atoms with E-state index in [1.807, 2.05) is 30.0 Å². The predicted octanol–water partition coefficient (Wildman–Crippen LogP) is 4.36. The van der Waals surface area contributed by atoms with Crippen LogP contribution < -0.4 is 5.32 Å².